The smallest absolute Gasteiger partial charge is 0.223 e. The summed E-state index contributed by atoms with van der Waals surface area (Å²) in [6, 6.07) is 1.62. The molecule has 0 aliphatic rings. The van der Waals surface area contributed by atoms with Crippen LogP contribution in [0.5, 0.6) is 0 Å². The van der Waals surface area contributed by atoms with Gasteiger partial charge in [-0.1, -0.05) is 6.92 Å². The van der Waals surface area contributed by atoms with Gasteiger partial charge in [0.15, 0.2) is 0 Å². The zero-order valence-electron chi connectivity index (χ0n) is 9.49. The SMILES string of the molecule is CCC(C)(CO)Nc1cc(NN)nc(N)n1. The number of nitrogens with zero attached hydrogens (tertiary/aromatic N) is 2. The van der Waals surface area contributed by atoms with Crippen LogP contribution in [0.4, 0.5) is 17.6 Å². The first-order valence-corrected chi connectivity index (χ1v) is 5.03. The second-order valence-corrected chi connectivity index (χ2v) is 3.84. The van der Waals surface area contributed by atoms with Crippen molar-refractivity contribution in [3.63, 3.8) is 0 Å². The number of hydrazine groups is 1. The van der Waals surface area contributed by atoms with Crippen LogP contribution in [0.3, 0.4) is 0 Å². The molecule has 0 bridgehead atoms. The number of aromatic nitrogens is 2. The van der Waals surface area contributed by atoms with Gasteiger partial charge in [0.1, 0.15) is 11.6 Å². The van der Waals surface area contributed by atoms with Crippen LogP contribution >= 0.6 is 0 Å². The number of aliphatic hydroxyl groups is 1. The van der Waals surface area contributed by atoms with Crippen LogP contribution in [0, 0.1) is 0 Å². The predicted molar refractivity (Wildman–Crippen MR) is 63.7 cm³/mol. The van der Waals surface area contributed by atoms with Crippen LogP contribution in [0.2, 0.25) is 0 Å². The molecule has 1 aromatic heterocycles. The van der Waals surface area contributed by atoms with Gasteiger partial charge in [0, 0.05) is 6.07 Å². The van der Waals surface area contributed by atoms with E-state index in [4.69, 9.17) is 11.6 Å². The summed E-state index contributed by atoms with van der Waals surface area (Å²) in [4.78, 5) is 7.87. The minimum Gasteiger partial charge on any atom is -0.394 e. The summed E-state index contributed by atoms with van der Waals surface area (Å²) >= 11 is 0. The van der Waals surface area contributed by atoms with Crippen molar-refractivity contribution in [2.75, 3.05) is 23.1 Å². The molecule has 0 aromatic carbocycles. The second-order valence-electron chi connectivity index (χ2n) is 3.84. The summed E-state index contributed by atoms with van der Waals surface area (Å²) < 4.78 is 0. The zero-order valence-corrected chi connectivity index (χ0v) is 9.49. The van der Waals surface area contributed by atoms with E-state index < -0.39 is 5.54 Å². The Hall–Kier alpha value is -1.60. The van der Waals surface area contributed by atoms with E-state index in [1.54, 1.807) is 6.07 Å². The van der Waals surface area contributed by atoms with Crippen molar-refractivity contribution in [3.8, 4) is 0 Å². The van der Waals surface area contributed by atoms with Crippen LogP contribution in [-0.4, -0.2) is 27.2 Å². The lowest BCUT2D eigenvalue weighted by Gasteiger charge is -2.27. The van der Waals surface area contributed by atoms with E-state index in [9.17, 15) is 5.11 Å². The molecule has 90 valence electrons. The first kappa shape index (κ1) is 12.5. The lowest BCUT2D eigenvalue weighted by atomic mass is 10.0. The number of nitrogens with two attached hydrogens (primary N) is 2. The Kier molecular flexibility index (Phi) is 3.86. The molecule has 1 unspecified atom stereocenters. The van der Waals surface area contributed by atoms with Crippen molar-refractivity contribution in [2.24, 2.45) is 5.84 Å². The lowest BCUT2D eigenvalue weighted by molar-refractivity contribution is 0.218. The van der Waals surface area contributed by atoms with E-state index in [1.165, 1.54) is 0 Å². The quantitative estimate of drug-likeness (QED) is 0.351. The first-order valence-electron chi connectivity index (χ1n) is 5.03. The molecule has 16 heavy (non-hydrogen) atoms. The molecule has 1 aromatic rings. The molecule has 0 radical (unpaired) electrons. The second kappa shape index (κ2) is 4.95. The topological polar surface area (TPSA) is 122 Å². The Balaban J connectivity index is 2.92. The van der Waals surface area contributed by atoms with Crippen LogP contribution in [0.1, 0.15) is 20.3 Å². The molecule has 1 rings (SSSR count). The zero-order chi connectivity index (χ0) is 12.2. The van der Waals surface area contributed by atoms with Gasteiger partial charge in [0.05, 0.1) is 12.1 Å². The highest BCUT2D eigenvalue weighted by Gasteiger charge is 2.21. The summed E-state index contributed by atoms with van der Waals surface area (Å²) in [5, 5.41) is 12.4. The van der Waals surface area contributed by atoms with Gasteiger partial charge < -0.3 is 21.6 Å². The maximum Gasteiger partial charge on any atom is 0.223 e. The van der Waals surface area contributed by atoms with Crippen LogP contribution in [-0.2, 0) is 0 Å². The van der Waals surface area contributed by atoms with Gasteiger partial charge in [-0.25, -0.2) is 5.84 Å². The van der Waals surface area contributed by atoms with Crippen molar-refractivity contribution in [2.45, 2.75) is 25.8 Å². The molecule has 7 nitrogen and oxygen atoms in total. The minimum absolute atomic E-state index is 0.00120. The van der Waals surface area contributed by atoms with Gasteiger partial charge >= 0.3 is 0 Å². The van der Waals surface area contributed by atoms with E-state index in [0.29, 0.717) is 11.6 Å². The van der Waals surface area contributed by atoms with Gasteiger partial charge in [0.25, 0.3) is 0 Å². The molecule has 1 atom stereocenters. The maximum absolute atomic E-state index is 9.26. The van der Waals surface area contributed by atoms with E-state index in [2.05, 4.69) is 20.7 Å². The van der Waals surface area contributed by atoms with E-state index in [-0.39, 0.29) is 12.6 Å². The molecule has 0 saturated carbocycles. The Labute approximate surface area is 94.2 Å². The summed E-state index contributed by atoms with van der Waals surface area (Å²) in [6.45, 7) is 3.86. The molecule has 0 spiro atoms. The van der Waals surface area contributed by atoms with Gasteiger partial charge in [-0.05, 0) is 13.3 Å². The Morgan fingerprint density at radius 1 is 1.44 bits per heavy atom. The first-order chi connectivity index (χ1) is 7.53. The molecule has 0 aliphatic heterocycles. The number of aliphatic hydroxyl groups excluding tert-OH is 1. The Morgan fingerprint density at radius 2 is 2.06 bits per heavy atom. The largest absolute Gasteiger partial charge is 0.394 e. The van der Waals surface area contributed by atoms with E-state index in [1.807, 2.05) is 13.8 Å². The Morgan fingerprint density at radius 3 is 2.56 bits per heavy atom. The van der Waals surface area contributed by atoms with Crippen LogP contribution in [0.25, 0.3) is 0 Å². The average Bonchev–Trinajstić information content (AvgIpc) is 2.28. The highest BCUT2D eigenvalue weighted by atomic mass is 16.3. The van der Waals surface area contributed by atoms with Gasteiger partial charge in [0.2, 0.25) is 5.95 Å². The van der Waals surface area contributed by atoms with Gasteiger partial charge in [-0.3, -0.25) is 0 Å². The lowest BCUT2D eigenvalue weighted by Crippen LogP contribution is -2.38. The molecule has 0 aliphatic carbocycles. The molecular weight excluding hydrogens is 208 g/mol. The van der Waals surface area contributed by atoms with Gasteiger partial charge in [-0.15, -0.1) is 0 Å². The average molecular weight is 226 g/mol. The maximum atomic E-state index is 9.26. The minimum atomic E-state index is -0.438. The highest BCUT2D eigenvalue weighted by molar-refractivity contribution is 5.51. The molecule has 7 heteroatoms. The number of nitrogen functional groups attached to an aromatic ring is 2. The third-order valence-electron chi connectivity index (χ3n) is 2.45. The van der Waals surface area contributed by atoms with Crippen molar-refractivity contribution >= 4 is 17.6 Å². The third-order valence-corrected chi connectivity index (χ3v) is 2.45. The van der Waals surface area contributed by atoms with E-state index in [0.717, 1.165) is 6.42 Å². The van der Waals surface area contributed by atoms with Crippen LogP contribution < -0.4 is 22.3 Å². The van der Waals surface area contributed by atoms with Crippen molar-refractivity contribution in [1.82, 2.24) is 9.97 Å². The third kappa shape index (κ3) is 2.94. The van der Waals surface area contributed by atoms with Crippen LogP contribution in [0.15, 0.2) is 6.07 Å². The number of anilines is 3. The fourth-order valence-corrected chi connectivity index (χ4v) is 1.15. The predicted octanol–water partition coefficient (Wildman–Crippen LogP) is -0.0827. The number of hydrogen-bond donors (Lipinski definition) is 5. The normalized spacial score (nSPS) is 14.2. The summed E-state index contributed by atoms with van der Waals surface area (Å²) in [5.74, 6) is 6.31. The van der Waals surface area contributed by atoms with Crippen molar-refractivity contribution in [3.05, 3.63) is 6.07 Å². The monoisotopic (exact) mass is 226 g/mol. The summed E-state index contributed by atoms with van der Waals surface area (Å²) in [7, 11) is 0. The van der Waals surface area contributed by atoms with Crippen molar-refractivity contribution < 1.29 is 5.11 Å². The molecule has 1 heterocycles. The molecule has 0 saturated heterocycles. The molecule has 0 amide bonds. The Bertz CT molecular complexity index is 352. The summed E-state index contributed by atoms with van der Waals surface area (Å²) in [6.07, 6.45) is 0.749. The molecule has 0 fully saturated rings. The standard InChI is InChI=1S/C9H18N6O/c1-3-9(2,5-16)14-6-4-7(15-11)13-8(10)12-6/h4,16H,3,5,11H2,1-2H3,(H4,10,12,13,14,15). The fourth-order valence-electron chi connectivity index (χ4n) is 1.15. The van der Waals surface area contributed by atoms with E-state index >= 15 is 0 Å². The van der Waals surface area contributed by atoms with Gasteiger partial charge in [-0.2, -0.15) is 9.97 Å². The van der Waals surface area contributed by atoms with Crippen molar-refractivity contribution in [1.29, 1.82) is 0 Å². The highest BCUT2D eigenvalue weighted by Crippen LogP contribution is 2.18. The molecule has 7 N–H and O–H groups in total. The summed E-state index contributed by atoms with van der Waals surface area (Å²) in [5.41, 5.74) is 7.48. The number of hydrogen-bond acceptors (Lipinski definition) is 7. The molecular formula is C9H18N6O. The fraction of sp³-hybridized carbons (Fsp3) is 0.556. The number of nitrogens with one attached hydrogen (secondary N) is 2. The number of rotatable bonds is 5.